The summed E-state index contributed by atoms with van der Waals surface area (Å²) in [4.78, 5) is 0. The molecule has 1 aliphatic rings. The van der Waals surface area contributed by atoms with Crippen molar-refractivity contribution in [3.8, 4) is 11.1 Å². The van der Waals surface area contributed by atoms with E-state index in [4.69, 9.17) is 8.85 Å². The number of hydrogen-bond acceptors (Lipinski definition) is 2. The van der Waals surface area contributed by atoms with E-state index in [-0.39, 0.29) is 0 Å². The summed E-state index contributed by atoms with van der Waals surface area (Å²) in [5, 5.41) is 2.52. The van der Waals surface area contributed by atoms with Gasteiger partial charge < -0.3 is 8.85 Å². The minimum absolute atomic E-state index is 0.370. The second-order valence-corrected chi connectivity index (χ2v) is 10.7. The van der Waals surface area contributed by atoms with Gasteiger partial charge in [0.05, 0.1) is 0 Å². The molecule has 3 rings (SSSR count). The van der Waals surface area contributed by atoms with Crippen LogP contribution in [0.1, 0.15) is 36.8 Å². The molecule has 0 atom stereocenters. The number of benzene rings is 2. The number of fused-ring (bicyclic) bond motifs is 3. The van der Waals surface area contributed by atoms with Gasteiger partial charge in [0.15, 0.2) is 0 Å². The molecule has 4 heteroatoms. The minimum atomic E-state index is 0.370. The molecular formula is C29H34O2Si2. The molecule has 33 heavy (non-hydrogen) atoms. The van der Waals surface area contributed by atoms with Crippen LogP contribution in [0, 0.1) is 11.8 Å². The highest BCUT2D eigenvalue weighted by Gasteiger charge is 2.20. The summed E-state index contributed by atoms with van der Waals surface area (Å²) < 4.78 is 12.1. The van der Waals surface area contributed by atoms with Crippen molar-refractivity contribution in [2.45, 2.75) is 32.1 Å². The monoisotopic (exact) mass is 470 g/mol. The molecule has 0 unspecified atom stereocenters. The molecule has 0 amide bonds. The van der Waals surface area contributed by atoms with Crippen LogP contribution in [-0.4, -0.2) is 32.7 Å². The normalized spacial score (nSPS) is 11.9. The Labute approximate surface area is 205 Å². The maximum atomic E-state index is 6.05. The Morgan fingerprint density at radius 1 is 0.667 bits per heavy atom. The highest BCUT2D eigenvalue weighted by Crippen LogP contribution is 2.35. The fourth-order valence-corrected chi connectivity index (χ4v) is 5.97. The van der Waals surface area contributed by atoms with E-state index in [0.29, 0.717) is 31.4 Å². The van der Waals surface area contributed by atoms with Crippen molar-refractivity contribution in [3.05, 3.63) is 98.1 Å². The first-order chi connectivity index (χ1) is 16.2. The Kier molecular flexibility index (Phi) is 10.3. The lowest BCUT2D eigenvalue weighted by molar-refractivity contribution is 0.266. The molecule has 0 aromatic heterocycles. The second-order valence-electron chi connectivity index (χ2n) is 8.58. The summed E-state index contributed by atoms with van der Waals surface area (Å²) in [6.45, 7) is 16.9. The molecule has 0 bridgehead atoms. The van der Waals surface area contributed by atoms with Gasteiger partial charge in [-0.25, -0.2) is 0 Å². The van der Waals surface area contributed by atoms with E-state index in [1.54, 1.807) is 0 Å². The molecule has 2 nitrogen and oxygen atoms in total. The third kappa shape index (κ3) is 7.37. The average Bonchev–Trinajstić information content (AvgIpc) is 3.16. The molecule has 0 N–H and O–H groups in total. The molecule has 4 radical (unpaired) electrons. The SMILES string of the molecule is C=CCC(CC=C)CO[Si]c1ccc2c(c1)Cc1cc([Si]OCC(CC=C)CC=C)ccc1-2. The van der Waals surface area contributed by atoms with Crippen LogP contribution >= 0.6 is 0 Å². The Hall–Kier alpha value is -2.25. The molecule has 170 valence electrons. The zero-order chi connectivity index (χ0) is 23.5. The smallest absolute Gasteiger partial charge is 0.268 e. The predicted molar refractivity (Wildman–Crippen MR) is 144 cm³/mol. The third-order valence-electron chi connectivity index (χ3n) is 5.90. The largest absolute Gasteiger partial charge is 0.411 e. The van der Waals surface area contributed by atoms with Crippen LogP contribution in [0.3, 0.4) is 0 Å². The number of hydrogen-bond donors (Lipinski definition) is 0. The number of allylic oxidation sites excluding steroid dienone is 4. The molecule has 0 fully saturated rings. The zero-order valence-corrected chi connectivity index (χ0v) is 21.5. The van der Waals surface area contributed by atoms with E-state index in [0.717, 1.165) is 45.3 Å². The van der Waals surface area contributed by atoms with E-state index < -0.39 is 0 Å². The van der Waals surface area contributed by atoms with E-state index in [1.807, 2.05) is 24.3 Å². The van der Waals surface area contributed by atoms with Gasteiger partial charge >= 0.3 is 0 Å². The first-order valence-corrected chi connectivity index (χ1v) is 13.5. The van der Waals surface area contributed by atoms with Crippen molar-refractivity contribution in [2.75, 3.05) is 13.2 Å². The Balaban J connectivity index is 1.55. The first-order valence-electron chi connectivity index (χ1n) is 11.6. The van der Waals surface area contributed by atoms with Gasteiger partial charge in [-0.05, 0) is 76.6 Å². The van der Waals surface area contributed by atoms with Gasteiger partial charge in [-0.1, -0.05) is 60.7 Å². The third-order valence-corrected chi connectivity index (χ3v) is 7.62. The highest BCUT2D eigenvalue weighted by atomic mass is 28.2. The minimum Gasteiger partial charge on any atom is -0.411 e. The lowest BCUT2D eigenvalue weighted by Gasteiger charge is -2.13. The summed E-state index contributed by atoms with van der Waals surface area (Å²) >= 11 is 0. The van der Waals surface area contributed by atoms with Crippen LogP contribution in [0.15, 0.2) is 87.0 Å². The summed E-state index contributed by atoms with van der Waals surface area (Å²) in [6, 6.07) is 13.6. The molecular weight excluding hydrogens is 436 g/mol. The van der Waals surface area contributed by atoms with E-state index in [9.17, 15) is 0 Å². The van der Waals surface area contributed by atoms with Gasteiger partial charge in [-0.3, -0.25) is 0 Å². The second kappa shape index (κ2) is 13.5. The number of rotatable bonds is 16. The van der Waals surface area contributed by atoms with Crippen LogP contribution in [0.2, 0.25) is 0 Å². The standard InChI is InChI=1S/C29H34O2Si2/c1-5-9-22(10-6-2)20-30-32-26-13-15-28-24(18-26)17-25-19-27(14-16-29(25)28)33-31-21-23(11-7-3)12-8-4/h5-8,13-16,18-19,22-23H,1-4,9-12,17,20-21H2. The lowest BCUT2D eigenvalue weighted by Crippen LogP contribution is -2.21. The average molecular weight is 471 g/mol. The maximum Gasteiger partial charge on any atom is 0.268 e. The van der Waals surface area contributed by atoms with Crippen LogP contribution in [0.5, 0.6) is 0 Å². The lowest BCUT2D eigenvalue weighted by atomic mass is 10.0. The van der Waals surface area contributed by atoms with Crippen molar-refractivity contribution in [3.63, 3.8) is 0 Å². The molecule has 0 spiro atoms. The summed E-state index contributed by atoms with van der Waals surface area (Å²) in [5.41, 5.74) is 5.49. The summed E-state index contributed by atoms with van der Waals surface area (Å²) in [7, 11) is 0.739. The van der Waals surface area contributed by atoms with E-state index >= 15 is 0 Å². The van der Waals surface area contributed by atoms with Crippen molar-refractivity contribution in [1.29, 1.82) is 0 Å². The summed E-state index contributed by atoms with van der Waals surface area (Å²) in [6.07, 6.45) is 12.7. The van der Waals surface area contributed by atoms with Crippen LogP contribution < -0.4 is 10.4 Å². The molecule has 2 aromatic rings. The van der Waals surface area contributed by atoms with Crippen LogP contribution in [0.25, 0.3) is 11.1 Å². The molecule has 0 saturated heterocycles. The van der Waals surface area contributed by atoms with Gasteiger partial charge in [0, 0.05) is 13.2 Å². The molecule has 1 aliphatic carbocycles. The van der Waals surface area contributed by atoms with Gasteiger partial charge in [-0.15, -0.1) is 26.3 Å². The van der Waals surface area contributed by atoms with Gasteiger partial charge in [0.25, 0.3) is 19.5 Å². The highest BCUT2D eigenvalue weighted by molar-refractivity contribution is 6.47. The van der Waals surface area contributed by atoms with Gasteiger partial charge in [-0.2, -0.15) is 0 Å². The van der Waals surface area contributed by atoms with Crippen LogP contribution in [-0.2, 0) is 15.3 Å². The topological polar surface area (TPSA) is 18.5 Å². The van der Waals surface area contributed by atoms with E-state index in [2.05, 4.69) is 62.7 Å². The fourth-order valence-electron chi connectivity index (χ4n) is 4.23. The van der Waals surface area contributed by atoms with Crippen molar-refractivity contribution in [1.82, 2.24) is 0 Å². The summed E-state index contributed by atoms with van der Waals surface area (Å²) in [5.74, 6) is 0.938. The quantitative estimate of drug-likeness (QED) is 0.208. The molecule has 0 heterocycles. The maximum absolute atomic E-state index is 6.05. The van der Waals surface area contributed by atoms with E-state index in [1.165, 1.54) is 32.6 Å². The van der Waals surface area contributed by atoms with Crippen LogP contribution in [0.4, 0.5) is 0 Å². The first kappa shape index (κ1) is 25.4. The molecule has 0 aliphatic heterocycles. The predicted octanol–water partition coefficient (Wildman–Crippen LogP) is 5.32. The molecule has 2 aromatic carbocycles. The molecule has 0 saturated carbocycles. The Morgan fingerprint density at radius 3 is 1.42 bits per heavy atom. The zero-order valence-electron chi connectivity index (χ0n) is 19.5. The van der Waals surface area contributed by atoms with Gasteiger partial charge in [0.1, 0.15) is 0 Å². The Morgan fingerprint density at radius 2 is 1.06 bits per heavy atom. The van der Waals surface area contributed by atoms with Crippen molar-refractivity contribution in [2.24, 2.45) is 11.8 Å². The Bertz CT molecular complexity index is 869. The van der Waals surface area contributed by atoms with Crippen molar-refractivity contribution < 1.29 is 8.85 Å². The van der Waals surface area contributed by atoms with Gasteiger partial charge in [0.2, 0.25) is 0 Å². The fraction of sp³-hybridized carbons (Fsp3) is 0.310. The van der Waals surface area contributed by atoms with Crippen molar-refractivity contribution >= 4 is 29.9 Å².